The molecule has 0 saturated heterocycles. The van der Waals surface area contributed by atoms with Gasteiger partial charge >= 0.3 is 5.97 Å². The first-order valence-electron chi connectivity index (χ1n) is 8.05. The average molecular weight is 372 g/mol. The van der Waals surface area contributed by atoms with Crippen LogP contribution in [0.15, 0.2) is 60.7 Å². The van der Waals surface area contributed by atoms with E-state index in [0.29, 0.717) is 12.2 Å². The number of carboxylic acid groups (broad SMARTS) is 1. The SMILES string of the molecule is O=C(O)c1cc(-c2ccccc2)n(-c2ccc(NCC(O)CCl)cc2)n1. The molecule has 1 atom stereocenters. The van der Waals surface area contributed by atoms with Gasteiger partial charge in [0.2, 0.25) is 0 Å². The van der Waals surface area contributed by atoms with Gasteiger partial charge in [-0.05, 0) is 30.3 Å². The van der Waals surface area contributed by atoms with Gasteiger partial charge < -0.3 is 15.5 Å². The first kappa shape index (κ1) is 18.0. The number of aliphatic hydroxyl groups is 1. The van der Waals surface area contributed by atoms with Crippen LogP contribution in [0.25, 0.3) is 16.9 Å². The second kappa shape index (κ2) is 8.03. The lowest BCUT2D eigenvalue weighted by molar-refractivity contribution is 0.0690. The summed E-state index contributed by atoms with van der Waals surface area (Å²) in [6.07, 6.45) is -0.620. The number of rotatable bonds is 7. The van der Waals surface area contributed by atoms with Crippen molar-refractivity contribution in [1.29, 1.82) is 0 Å². The number of aromatic carboxylic acids is 1. The van der Waals surface area contributed by atoms with Crippen LogP contribution in [0.3, 0.4) is 0 Å². The van der Waals surface area contributed by atoms with Gasteiger partial charge in [-0.1, -0.05) is 30.3 Å². The molecule has 6 nitrogen and oxygen atoms in total. The number of aromatic nitrogens is 2. The van der Waals surface area contributed by atoms with E-state index in [1.165, 1.54) is 0 Å². The summed E-state index contributed by atoms with van der Waals surface area (Å²) in [7, 11) is 0. The quantitative estimate of drug-likeness (QED) is 0.555. The molecule has 3 rings (SSSR count). The summed E-state index contributed by atoms with van der Waals surface area (Å²) in [6, 6.07) is 18.4. The molecule has 0 aliphatic heterocycles. The standard InChI is InChI=1S/C19H18ClN3O3/c20-11-16(24)12-21-14-6-8-15(9-7-14)23-18(10-17(22-23)19(25)26)13-4-2-1-3-5-13/h1-10,16,21,24H,11-12H2,(H,25,26). The minimum atomic E-state index is -1.07. The fourth-order valence-corrected chi connectivity index (χ4v) is 2.62. The number of aliphatic hydroxyl groups excluding tert-OH is 1. The van der Waals surface area contributed by atoms with Crippen molar-refractivity contribution >= 4 is 23.3 Å². The zero-order chi connectivity index (χ0) is 18.5. The lowest BCUT2D eigenvalue weighted by atomic mass is 10.1. The molecule has 0 radical (unpaired) electrons. The van der Waals surface area contributed by atoms with E-state index in [1.54, 1.807) is 10.7 Å². The molecule has 3 aromatic rings. The molecule has 0 saturated carbocycles. The minimum Gasteiger partial charge on any atom is -0.476 e. The summed E-state index contributed by atoms with van der Waals surface area (Å²) in [6.45, 7) is 0.350. The van der Waals surface area contributed by atoms with Gasteiger partial charge in [0.25, 0.3) is 0 Å². The lowest BCUT2D eigenvalue weighted by Gasteiger charge is -2.11. The summed E-state index contributed by atoms with van der Waals surface area (Å²) < 4.78 is 1.61. The molecule has 0 spiro atoms. The van der Waals surface area contributed by atoms with Crippen molar-refractivity contribution in [2.75, 3.05) is 17.7 Å². The van der Waals surface area contributed by atoms with Crippen LogP contribution >= 0.6 is 11.6 Å². The molecule has 0 aliphatic carbocycles. The van der Waals surface area contributed by atoms with Crippen LogP contribution in [-0.4, -0.2) is 44.5 Å². The van der Waals surface area contributed by atoms with E-state index < -0.39 is 12.1 Å². The van der Waals surface area contributed by atoms with Crippen LogP contribution in [-0.2, 0) is 0 Å². The van der Waals surface area contributed by atoms with Gasteiger partial charge in [-0.25, -0.2) is 9.48 Å². The summed E-state index contributed by atoms with van der Waals surface area (Å²) in [5.74, 6) is -0.911. The number of alkyl halides is 1. The van der Waals surface area contributed by atoms with Gasteiger partial charge in [0.15, 0.2) is 5.69 Å². The lowest BCUT2D eigenvalue weighted by Crippen LogP contribution is -2.20. The Morgan fingerprint density at radius 1 is 1.15 bits per heavy atom. The molecule has 1 heterocycles. The Kier molecular flexibility index (Phi) is 5.55. The molecule has 1 unspecified atom stereocenters. The van der Waals surface area contributed by atoms with E-state index in [2.05, 4.69) is 10.4 Å². The van der Waals surface area contributed by atoms with E-state index in [4.69, 9.17) is 11.6 Å². The zero-order valence-corrected chi connectivity index (χ0v) is 14.6. The van der Waals surface area contributed by atoms with Gasteiger partial charge in [0.05, 0.1) is 23.4 Å². The topological polar surface area (TPSA) is 87.4 Å². The monoisotopic (exact) mass is 371 g/mol. The number of halogens is 1. The zero-order valence-electron chi connectivity index (χ0n) is 13.8. The predicted octanol–water partition coefficient (Wildman–Crippen LogP) is 3.25. The maximum atomic E-state index is 11.3. The Balaban J connectivity index is 1.92. The van der Waals surface area contributed by atoms with Crippen molar-refractivity contribution in [2.24, 2.45) is 0 Å². The number of benzene rings is 2. The number of hydrogen-bond donors (Lipinski definition) is 3. The molecule has 134 valence electrons. The maximum Gasteiger partial charge on any atom is 0.356 e. The smallest absolute Gasteiger partial charge is 0.356 e. The van der Waals surface area contributed by atoms with E-state index in [-0.39, 0.29) is 11.6 Å². The number of anilines is 1. The van der Waals surface area contributed by atoms with Crippen molar-refractivity contribution in [1.82, 2.24) is 9.78 Å². The van der Waals surface area contributed by atoms with Crippen molar-refractivity contribution < 1.29 is 15.0 Å². The van der Waals surface area contributed by atoms with Gasteiger partial charge in [-0.2, -0.15) is 5.10 Å². The van der Waals surface area contributed by atoms with E-state index in [1.807, 2.05) is 54.6 Å². The molecule has 0 fully saturated rings. The van der Waals surface area contributed by atoms with Gasteiger partial charge in [-0.3, -0.25) is 0 Å². The molecule has 0 amide bonds. The summed E-state index contributed by atoms with van der Waals surface area (Å²) >= 11 is 5.58. The highest BCUT2D eigenvalue weighted by atomic mass is 35.5. The predicted molar refractivity (Wildman–Crippen MR) is 101 cm³/mol. The highest BCUT2D eigenvalue weighted by Crippen LogP contribution is 2.24. The fourth-order valence-electron chi connectivity index (χ4n) is 2.51. The third-order valence-corrected chi connectivity index (χ3v) is 4.19. The number of nitrogens with one attached hydrogen (secondary N) is 1. The van der Waals surface area contributed by atoms with Crippen LogP contribution in [0.5, 0.6) is 0 Å². The summed E-state index contributed by atoms with van der Waals surface area (Å²) in [4.78, 5) is 11.3. The van der Waals surface area contributed by atoms with Gasteiger partial charge in [0.1, 0.15) is 0 Å². The van der Waals surface area contributed by atoms with Crippen molar-refractivity contribution in [3.8, 4) is 16.9 Å². The number of nitrogens with zero attached hydrogens (tertiary/aromatic N) is 2. The highest BCUT2D eigenvalue weighted by Gasteiger charge is 2.15. The molecular formula is C19H18ClN3O3. The van der Waals surface area contributed by atoms with Crippen LogP contribution in [0.1, 0.15) is 10.5 Å². The molecule has 26 heavy (non-hydrogen) atoms. The summed E-state index contributed by atoms with van der Waals surface area (Å²) in [5, 5.41) is 26.1. The molecule has 2 aromatic carbocycles. The molecule has 7 heteroatoms. The van der Waals surface area contributed by atoms with Gasteiger partial charge in [0, 0.05) is 17.8 Å². The summed E-state index contributed by atoms with van der Waals surface area (Å²) in [5.41, 5.74) is 3.11. The largest absolute Gasteiger partial charge is 0.476 e. The molecule has 1 aromatic heterocycles. The number of carbonyl (C=O) groups is 1. The molecule has 0 bridgehead atoms. The Hall–Kier alpha value is -2.83. The van der Waals surface area contributed by atoms with Crippen LogP contribution in [0, 0.1) is 0 Å². The second-order valence-electron chi connectivity index (χ2n) is 5.73. The Morgan fingerprint density at radius 2 is 1.85 bits per heavy atom. The Bertz CT molecular complexity index is 879. The van der Waals surface area contributed by atoms with Crippen LogP contribution < -0.4 is 5.32 Å². The molecule has 0 aliphatic rings. The van der Waals surface area contributed by atoms with E-state index in [9.17, 15) is 15.0 Å². The van der Waals surface area contributed by atoms with Crippen LogP contribution in [0.4, 0.5) is 5.69 Å². The fraction of sp³-hybridized carbons (Fsp3) is 0.158. The number of hydrogen-bond acceptors (Lipinski definition) is 4. The van der Waals surface area contributed by atoms with Crippen molar-refractivity contribution in [3.63, 3.8) is 0 Å². The van der Waals surface area contributed by atoms with Crippen molar-refractivity contribution in [2.45, 2.75) is 6.10 Å². The van der Waals surface area contributed by atoms with Crippen molar-refractivity contribution in [3.05, 3.63) is 66.4 Å². The first-order chi connectivity index (χ1) is 12.6. The number of carboxylic acids is 1. The maximum absolute atomic E-state index is 11.3. The third kappa shape index (κ3) is 4.04. The Labute approximate surface area is 155 Å². The van der Waals surface area contributed by atoms with E-state index in [0.717, 1.165) is 16.9 Å². The highest BCUT2D eigenvalue weighted by molar-refractivity contribution is 6.18. The normalized spacial score (nSPS) is 11.9. The third-order valence-electron chi connectivity index (χ3n) is 3.83. The minimum absolute atomic E-state index is 0.0173. The van der Waals surface area contributed by atoms with Crippen LogP contribution in [0.2, 0.25) is 0 Å². The second-order valence-corrected chi connectivity index (χ2v) is 6.04. The van der Waals surface area contributed by atoms with Gasteiger partial charge in [-0.15, -0.1) is 11.6 Å². The van der Waals surface area contributed by atoms with E-state index >= 15 is 0 Å². The Morgan fingerprint density at radius 3 is 2.46 bits per heavy atom. The molecule has 3 N–H and O–H groups in total. The first-order valence-corrected chi connectivity index (χ1v) is 8.59. The average Bonchev–Trinajstić information content (AvgIpc) is 3.13. The molecular weight excluding hydrogens is 354 g/mol.